The van der Waals surface area contributed by atoms with E-state index in [4.69, 9.17) is 14.2 Å². The second-order valence-corrected chi connectivity index (χ2v) is 8.65. The summed E-state index contributed by atoms with van der Waals surface area (Å²) in [5.74, 6) is 1.14. The molecule has 0 saturated heterocycles. The highest BCUT2D eigenvalue weighted by Gasteiger charge is 2.21. The molecule has 0 aromatic heterocycles. The van der Waals surface area contributed by atoms with Gasteiger partial charge in [0.05, 0.1) is 27.0 Å². The number of anilines is 1. The zero-order chi connectivity index (χ0) is 22.5. The lowest BCUT2D eigenvalue weighted by atomic mass is 10.1. The molecule has 10 heteroatoms. The molecule has 0 fully saturated rings. The summed E-state index contributed by atoms with van der Waals surface area (Å²) in [5.41, 5.74) is 1.56. The van der Waals surface area contributed by atoms with Gasteiger partial charge in [-0.05, 0) is 36.4 Å². The van der Waals surface area contributed by atoms with E-state index in [2.05, 4.69) is 5.32 Å². The Morgan fingerprint density at radius 3 is 2.00 bits per heavy atom. The van der Waals surface area contributed by atoms with E-state index < -0.39 is 10.2 Å². The molecule has 0 bridgehead atoms. The summed E-state index contributed by atoms with van der Waals surface area (Å²) >= 11 is 0. The number of carbonyl (C=O) groups excluding carboxylic acids is 1. The van der Waals surface area contributed by atoms with Crippen LogP contribution in [-0.2, 0) is 16.8 Å². The van der Waals surface area contributed by atoms with Gasteiger partial charge in [-0.15, -0.1) is 0 Å². The molecule has 0 saturated carbocycles. The Labute approximate surface area is 177 Å². The van der Waals surface area contributed by atoms with Crippen LogP contribution in [0.15, 0.2) is 36.4 Å². The van der Waals surface area contributed by atoms with Crippen LogP contribution in [0.3, 0.4) is 0 Å². The zero-order valence-electron chi connectivity index (χ0n) is 17.9. The summed E-state index contributed by atoms with van der Waals surface area (Å²) in [6.07, 6.45) is 0. The molecule has 1 amide bonds. The van der Waals surface area contributed by atoms with Gasteiger partial charge in [-0.1, -0.05) is 0 Å². The first-order valence-electron chi connectivity index (χ1n) is 8.99. The monoisotopic (exact) mass is 437 g/mol. The van der Waals surface area contributed by atoms with Gasteiger partial charge in [0.2, 0.25) is 5.75 Å². The molecule has 0 radical (unpaired) electrons. The lowest BCUT2D eigenvalue weighted by molar-refractivity contribution is 0.0950. The average molecular weight is 438 g/mol. The molecule has 0 unspecified atom stereocenters. The Hall–Kier alpha value is -2.98. The van der Waals surface area contributed by atoms with E-state index in [1.165, 1.54) is 42.5 Å². The normalized spacial score (nSPS) is 11.2. The van der Waals surface area contributed by atoms with Crippen molar-refractivity contribution >= 4 is 21.8 Å². The van der Waals surface area contributed by atoms with Crippen molar-refractivity contribution in [2.24, 2.45) is 0 Å². The number of nitrogens with zero attached hydrogens (tertiary/aromatic N) is 2. The van der Waals surface area contributed by atoms with E-state index in [0.29, 0.717) is 28.5 Å². The summed E-state index contributed by atoms with van der Waals surface area (Å²) in [6.45, 7) is 0.207. The second-order valence-electron chi connectivity index (χ2n) is 6.48. The number of hydrogen-bond acceptors (Lipinski definition) is 6. The van der Waals surface area contributed by atoms with E-state index in [-0.39, 0.29) is 12.5 Å². The van der Waals surface area contributed by atoms with Crippen LogP contribution in [0.1, 0.15) is 15.9 Å². The van der Waals surface area contributed by atoms with Crippen molar-refractivity contribution in [2.45, 2.75) is 6.54 Å². The van der Waals surface area contributed by atoms with Gasteiger partial charge in [0.1, 0.15) is 0 Å². The molecule has 0 atom stereocenters. The Morgan fingerprint density at radius 1 is 0.900 bits per heavy atom. The third-order valence-corrected chi connectivity index (χ3v) is 6.35. The molecule has 2 rings (SSSR count). The van der Waals surface area contributed by atoms with Crippen LogP contribution in [0, 0.1) is 0 Å². The highest BCUT2D eigenvalue weighted by molar-refractivity contribution is 7.90. The number of nitrogens with one attached hydrogen (secondary N) is 1. The van der Waals surface area contributed by atoms with Gasteiger partial charge in [-0.25, -0.2) is 0 Å². The third kappa shape index (κ3) is 4.77. The van der Waals surface area contributed by atoms with Crippen molar-refractivity contribution in [3.8, 4) is 17.2 Å². The number of amides is 1. The molecular weight excluding hydrogens is 410 g/mol. The Morgan fingerprint density at radius 2 is 1.50 bits per heavy atom. The Bertz CT molecular complexity index is 990. The third-order valence-electron chi connectivity index (χ3n) is 4.53. The molecule has 164 valence electrons. The smallest absolute Gasteiger partial charge is 0.303 e. The second kappa shape index (κ2) is 9.68. The first kappa shape index (κ1) is 23.3. The van der Waals surface area contributed by atoms with Gasteiger partial charge in [0, 0.05) is 38.8 Å². The Kier molecular flexibility index (Phi) is 7.52. The molecule has 0 heterocycles. The predicted octanol–water partition coefficient (Wildman–Crippen LogP) is 1.88. The van der Waals surface area contributed by atoms with Crippen LogP contribution in [-0.4, -0.2) is 61.1 Å². The number of hydrogen-bond donors (Lipinski definition) is 1. The van der Waals surface area contributed by atoms with Gasteiger partial charge in [-0.2, -0.15) is 12.7 Å². The molecule has 0 aliphatic carbocycles. The van der Waals surface area contributed by atoms with Crippen molar-refractivity contribution in [2.75, 3.05) is 46.8 Å². The molecule has 30 heavy (non-hydrogen) atoms. The zero-order valence-corrected chi connectivity index (χ0v) is 18.7. The summed E-state index contributed by atoms with van der Waals surface area (Å²) in [4.78, 5) is 12.5. The lowest BCUT2D eigenvalue weighted by Crippen LogP contribution is -2.37. The first-order chi connectivity index (χ1) is 14.2. The molecule has 1 N–H and O–H groups in total. The molecule has 0 aliphatic rings. The van der Waals surface area contributed by atoms with Gasteiger partial charge in [-0.3, -0.25) is 9.10 Å². The molecule has 9 nitrogen and oxygen atoms in total. The summed E-state index contributed by atoms with van der Waals surface area (Å²) in [5, 5.41) is 2.82. The maximum absolute atomic E-state index is 12.5. The topological polar surface area (TPSA) is 97.4 Å². The summed E-state index contributed by atoms with van der Waals surface area (Å²) in [6, 6.07) is 9.81. The van der Waals surface area contributed by atoms with Crippen molar-refractivity contribution in [3.63, 3.8) is 0 Å². The molecule has 2 aromatic rings. The van der Waals surface area contributed by atoms with Crippen molar-refractivity contribution < 1.29 is 27.4 Å². The average Bonchev–Trinajstić information content (AvgIpc) is 2.75. The lowest BCUT2D eigenvalue weighted by Gasteiger charge is -2.23. The van der Waals surface area contributed by atoms with E-state index in [0.717, 1.165) is 14.2 Å². The van der Waals surface area contributed by atoms with Crippen LogP contribution in [0.2, 0.25) is 0 Å². The maximum atomic E-state index is 12.5. The van der Waals surface area contributed by atoms with Gasteiger partial charge in [0.25, 0.3) is 5.91 Å². The van der Waals surface area contributed by atoms with Gasteiger partial charge < -0.3 is 19.5 Å². The van der Waals surface area contributed by atoms with Crippen molar-refractivity contribution in [1.82, 2.24) is 9.62 Å². The largest absolute Gasteiger partial charge is 0.493 e. The fourth-order valence-electron chi connectivity index (χ4n) is 2.78. The van der Waals surface area contributed by atoms with Gasteiger partial charge >= 0.3 is 10.2 Å². The fraction of sp³-hybridized carbons (Fsp3) is 0.350. The molecule has 0 spiro atoms. The predicted molar refractivity (Wildman–Crippen MR) is 115 cm³/mol. The minimum atomic E-state index is -3.60. The summed E-state index contributed by atoms with van der Waals surface area (Å²) < 4.78 is 42.7. The Balaban J connectivity index is 2.15. The van der Waals surface area contributed by atoms with Crippen LogP contribution in [0.5, 0.6) is 17.2 Å². The summed E-state index contributed by atoms with van der Waals surface area (Å²) in [7, 11) is 5.32. The van der Waals surface area contributed by atoms with Gasteiger partial charge in [0.15, 0.2) is 11.5 Å². The molecular formula is C20H27N3O6S. The fourth-order valence-corrected chi connectivity index (χ4v) is 3.66. The number of methoxy groups -OCH3 is 3. The SMILES string of the molecule is COc1ccc(CNC(=O)c2ccc(N(C)S(=O)(=O)N(C)C)cc2)c(OC)c1OC. The molecule has 2 aromatic carbocycles. The van der Waals surface area contributed by atoms with Crippen LogP contribution < -0.4 is 23.8 Å². The van der Waals surface area contributed by atoms with E-state index >= 15 is 0 Å². The van der Waals surface area contributed by atoms with E-state index in [1.54, 1.807) is 36.4 Å². The highest BCUT2D eigenvalue weighted by Crippen LogP contribution is 2.39. The molecule has 0 aliphatic heterocycles. The van der Waals surface area contributed by atoms with Crippen LogP contribution in [0.25, 0.3) is 0 Å². The maximum Gasteiger partial charge on any atom is 0.303 e. The number of carbonyl (C=O) groups is 1. The minimum Gasteiger partial charge on any atom is -0.493 e. The number of benzene rings is 2. The van der Waals surface area contributed by atoms with E-state index in [9.17, 15) is 13.2 Å². The van der Waals surface area contributed by atoms with Crippen molar-refractivity contribution in [3.05, 3.63) is 47.5 Å². The quantitative estimate of drug-likeness (QED) is 0.643. The van der Waals surface area contributed by atoms with E-state index in [1.807, 2.05) is 0 Å². The van der Waals surface area contributed by atoms with Crippen molar-refractivity contribution in [1.29, 1.82) is 0 Å². The first-order valence-corrected chi connectivity index (χ1v) is 10.4. The van der Waals surface area contributed by atoms with Crippen LogP contribution in [0.4, 0.5) is 5.69 Å². The number of ether oxygens (including phenoxy) is 3. The minimum absolute atomic E-state index is 0.207. The standard InChI is InChI=1S/C20H27N3O6S/c1-22(2)30(25,26)23(3)16-10-7-14(8-11-16)20(24)21-13-15-9-12-17(27-4)19(29-6)18(15)28-5/h7-12H,13H2,1-6H3,(H,21,24). The van der Waals surface area contributed by atoms with Crippen LogP contribution >= 0.6 is 0 Å². The highest BCUT2D eigenvalue weighted by atomic mass is 32.2. The number of rotatable bonds is 9.